The predicted octanol–water partition coefficient (Wildman–Crippen LogP) is 4.04. The molecule has 120 valence electrons. The number of aryl methyl sites for hydroxylation is 2. The second-order valence-electron chi connectivity index (χ2n) is 5.93. The molecule has 0 saturated carbocycles. The van der Waals surface area contributed by atoms with Gasteiger partial charge in [-0.15, -0.1) is 0 Å². The average molecular weight is 310 g/mol. The smallest absolute Gasteiger partial charge is 0.225 e. The largest absolute Gasteiger partial charge is 0.309 e. The molecule has 0 aliphatic rings. The van der Waals surface area contributed by atoms with Crippen LogP contribution in [-0.2, 0) is 11.3 Å². The monoisotopic (exact) mass is 310 g/mol. The molecule has 0 aliphatic heterocycles. The third-order valence-corrected chi connectivity index (χ3v) is 3.84. The molecule has 2 heterocycles. The minimum atomic E-state index is -0.000415. The summed E-state index contributed by atoms with van der Waals surface area (Å²) >= 11 is 0. The Morgan fingerprint density at radius 1 is 1.22 bits per heavy atom. The Balaban J connectivity index is 2.16. The molecule has 5 nitrogen and oxygen atoms in total. The second kappa shape index (κ2) is 6.36. The summed E-state index contributed by atoms with van der Waals surface area (Å²) in [5.41, 5.74) is 2.97. The van der Waals surface area contributed by atoms with Gasteiger partial charge in [0.25, 0.3) is 0 Å². The number of hydrogen-bond acceptors (Lipinski definition) is 3. The fourth-order valence-electron chi connectivity index (χ4n) is 2.74. The predicted molar refractivity (Wildman–Crippen MR) is 93.6 cm³/mol. The van der Waals surface area contributed by atoms with E-state index in [0.717, 1.165) is 41.3 Å². The summed E-state index contributed by atoms with van der Waals surface area (Å²) in [7, 11) is 0. The Morgan fingerprint density at radius 2 is 2.04 bits per heavy atom. The van der Waals surface area contributed by atoms with Crippen molar-refractivity contribution in [3.8, 4) is 0 Å². The zero-order chi connectivity index (χ0) is 16.4. The number of pyridine rings is 1. The van der Waals surface area contributed by atoms with Crippen molar-refractivity contribution in [2.24, 2.45) is 0 Å². The number of aromatic nitrogens is 3. The molecule has 5 heteroatoms. The Labute approximate surface area is 135 Å². The number of carbonyl (C=O) groups is 1. The Kier molecular flexibility index (Phi) is 4.28. The first-order valence-electron chi connectivity index (χ1n) is 8.20. The number of nitrogens with zero attached hydrogens (tertiary/aromatic N) is 3. The highest BCUT2D eigenvalue weighted by molar-refractivity contribution is 6.02. The topological polar surface area (TPSA) is 59.8 Å². The van der Waals surface area contributed by atoms with Crippen LogP contribution in [0.15, 0.2) is 24.3 Å². The standard InChI is InChI=1S/C18H22N4O/c1-4-6-16(23)20-17-14-11-13-8-7-12(3)10-15(13)19-18(14)22(21-17)9-5-2/h7-8,10-11H,4-6,9H2,1-3H3,(H,20,21,23). The van der Waals surface area contributed by atoms with E-state index in [4.69, 9.17) is 4.98 Å². The maximum Gasteiger partial charge on any atom is 0.225 e. The fourth-order valence-corrected chi connectivity index (χ4v) is 2.74. The Morgan fingerprint density at radius 3 is 2.78 bits per heavy atom. The molecule has 0 bridgehead atoms. The third kappa shape index (κ3) is 3.04. The van der Waals surface area contributed by atoms with Crippen molar-refractivity contribution in [3.05, 3.63) is 29.8 Å². The summed E-state index contributed by atoms with van der Waals surface area (Å²) < 4.78 is 1.89. The number of anilines is 1. The van der Waals surface area contributed by atoms with E-state index in [1.54, 1.807) is 0 Å². The lowest BCUT2D eigenvalue weighted by atomic mass is 10.1. The van der Waals surface area contributed by atoms with Crippen molar-refractivity contribution < 1.29 is 4.79 Å². The van der Waals surface area contributed by atoms with Gasteiger partial charge >= 0.3 is 0 Å². The van der Waals surface area contributed by atoms with Crippen molar-refractivity contribution in [3.63, 3.8) is 0 Å². The van der Waals surface area contributed by atoms with E-state index < -0.39 is 0 Å². The molecule has 0 radical (unpaired) electrons. The van der Waals surface area contributed by atoms with Gasteiger partial charge in [0, 0.05) is 18.4 Å². The molecule has 1 amide bonds. The van der Waals surface area contributed by atoms with Crippen LogP contribution in [0.5, 0.6) is 0 Å². The fraction of sp³-hybridized carbons (Fsp3) is 0.389. The van der Waals surface area contributed by atoms with Gasteiger partial charge in [-0.3, -0.25) is 4.79 Å². The maximum atomic E-state index is 12.0. The molecule has 3 aromatic rings. The van der Waals surface area contributed by atoms with Gasteiger partial charge in [0.05, 0.1) is 10.9 Å². The van der Waals surface area contributed by atoms with Gasteiger partial charge in [-0.05, 0) is 37.5 Å². The van der Waals surface area contributed by atoms with Crippen LogP contribution in [0, 0.1) is 6.92 Å². The lowest BCUT2D eigenvalue weighted by molar-refractivity contribution is -0.116. The van der Waals surface area contributed by atoms with Crippen molar-refractivity contribution in [1.82, 2.24) is 14.8 Å². The Hall–Kier alpha value is -2.43. The quantitative estimate of drug-likeness (QED) is 0.773. The summed E-state index contributed by atoms with van der Waals surface area (Å²) in [5, 5.41) is 9.46. The van der Waals surface area contributed by atoms with E-state index in [9.17, 15) is 4.79 Å². The normalized spacial score (nSPS) is 11.3. The van der Waals surface area contributed by atoms with Crippen molar-refractivity contribution in [2.45, 2.75) is 46.6 Å². The third-order valence-electron chi connectivity index (χ3n) is 3.84. The van der Waals surface area contributed by atoms with Crippen LogP contribution in [0.25, 0.3) is 21.9 Å². The molecule has 0 aliphatic carbocycles. The first-order chi connectivity index (χ1) is 11.1. The second-order valence-corrected chi connectivity index (χ2v) is 5.93. The molecule has 1 N–H and O–H groups in total. The van der Waals surface area contributed by atoms with E-state index >= 15 is 0 Å². The molecule has 0 saturated heterocycles. The molecule has 0 spiro atoms. The number of hydrogen-bond donors (Lipinski definition) is 1. The van der Waals surface area contributed by atoms with Crippen LogP contribution < -0.4 is 5.32 Å². The highest BCUT2D eigenvalue weighted by Gasteiger charge is 2.15. The number of nitrogens with one attached hydrogen (secondary N) is 1. The van der Waals surface area contributed by atoms with Crippen LogP contribution in [-0.4, -0.2) is 20.7 Å². The summed E-state index contributed by atoms with van der Waals surface area (Å²) in [6, 6.07) is 8.28. The molecule has 0 atom stereocenters. The summed E-state index contributed by atoms with van der Waals surface area (Å²) in [6.45, 7) is 6.94. The van der Waals surface area contributed by atoms with Gasteiger partial charge in [0.15, 0.2) is 11.5 Å². The van der Waals surface area contributed by atoms with Crippen molar-refractivity contribution >= 4 is 33.7 Å². The Bertz CT molecular complexity index is 866. The summed E-state index contributed by atoms with van der Waals surface area (Å²) in [4.78, 5) is 16.7. The molecule has 1 aromatic carbocycles. The molecule has 2 aromatic heterocycles. The van der Waals surface area contributed by atoms with E-state index in [1.165, 1.54) is 5.56 Å². The van der Waals surface area contributed by atoms with Gasteiger partial charge in [-0.1, -0.05) is 26.0 Å². The summed E-state index contributed by atoms with van der Waals surface area (Å²) in [6.07, 6.45) is 2.29. The number of fused-ring (bicyclic) bond motifs is 2. The SMILES string of the molecule is CCCC(=O)Nc1nn(CCC)c2nc3cc(C)ccc3cc12. The minimum absolute atomic E-state index is 0.000415. The minimum Gasteiger partial charge on any atom is -0.309 e. The van der Waals surface area contributed by atoms with E-state index in [1.807, 2.05) is 11.6 Å². The molecule has 0 unspecified atom stereocenters. The maximum absolute atomic E-state index is 12.0. The first kappa shape index (κ1) is 15.5. The van der Waals surface area contributed by atoms with Gasteiger partial charge in [0.2, 0.25) is 5.91 Å². The van der Waals surface area contributed by atoms with Gasteiger partial charge in [-0.25, -0.2) is 9.67 Å². The molecule has 23 heavy (non-hydrogen) atoms. The van der Waals surface area contributed by atoms with Crippen LogP contribution in [0.1, 0.15) is 38.7 Å². The zero-order valence-electron chi connectivity index (χ0n) is 13.9. The highest BCUT2D eigenvalue weighted by atomic mass is 16.1. The van der Waals surface area contributed by atoms with Crippen LogP contribution >= 0.6 is 0 Å². The zero-order valence-corrected chi connectivity index (χ0v) is 13.9. The number of benzene rings is 1. The lowest BCUT2D eigenvalue weighted by Crippen LogP contribution is -2.11. The van der Waals surface area contributed by atoms with Gasteiger partial charge < -0.3 is 5.32 Å². The number of rotatable bonds is 5. The number of amides is 1. The van der Waals surface area contributed by atoms with E-state index in [-0.39, 0.29) is 5.91 Å². The first-order valence-corrected chi connectivity index (χ1v) is 8.20. The highest BCUT2D eigenvalue weighted by Crippen LogP contribution is 2.26. The molecule has 3 rings (SSSR count). The van der Waals surface area contributed by atoms with Crippen molar-refractivity contribution in [2.75, 3.05) is 5.32 Å². The van der Waals surface area contributed by atoms with Crippen LogP contribution in [0.2, 0.25) is 0 Å². The molecule has 0 fully saturated rings. The van der Waals surface area contributed by atoms with E-state index in [2.05, 4.69) is 48.5 Å². The summed E-state index contributed by atoms with van der Waals surface area (Å²) in [5.74, 6) is 0.612. The lowest BCUT2D eigenvalue weighted by Gasteiger charge is -2.03. The van der Waals surface area contributed by atoms with Crippen LogP contribution in [0.3, 0.4) is 0 Å². The number of carbonyl (C=O) groups excluding carboxylic acids is 1. The molecular weight excluding hydrogens is 288 g/mol. The van der Waals surface area contributed by atoms with E-state index in [0.29, 0.717) is 12.2 Å². The molecular formula is C18H22N4O. The van der Waals surface area contributed by atoms with Gasteiger partial charge in [0.1, 0.15) is 0 Å². The van der Waals surface area contributed by atoms with Gasteiger partial charge in [-0.2, -0.15) is 5.10 Å². The van der Waals surface area contributed by atoms with Crippen molar-refractivity contribution in [1.29, 1.82) is 0 Å². The average Bonchev–Trinajstić information content (AvgIpc) is 2.83. The van der Waals surface area contributed by atoms with Crippen LogP contribution in [0.4, 0.5) is 5.82 Å².